The van der Waals surface area contributed by atoms with Crippen molar-refractivity contribution in [3.63, 3.8) is 0 Å². The highest BCUT2D eigenvalue weighted by Gasteiger charge is 2.08. The number of benzene rings is 1. The van der Waals surface area contributed by atoms with Gasteiger partial charge >= 0.3 is 0 Å². The van der Waals surface area contributed by atoms with Gasteiger partial charge in [0.05, 0.1) is 18.5 Å². The van der Waals surface area contributed by atoms with E-state index in [2.05, 4.69) is 42.5 Å². The molecule has 0 radical (unpaired) electrons. The molecule has 2 aromatic rings. The fourth-order valence-electron chi connectivity index (χ4n) is 2.18. The topological polar surface area (TPSA) is 39.1 Å². The molecule has 0 unspecified atom stereocenters. The Bertz CT molecular complexity index is 545. The second kappa shape index (κ2) is 6.57. The molecule has 0 aliphatic rings. The molecule has 0 saturated carbocycles. The second-order valence-electron chi connectivity index (χ2n) is 4.98. The molecule has 108 valence electrons. The number of nitrogens with one attached hydrogen (secondary N) is 1. The van der Waals surface area contributed by atoms with E-state index in [1.54, 1.807) is 7.11 Å². The van der Waals surface area contributed by atoms with Gasteiger partial charge in [0.15, 0.2) is 0 Å². The summed E-state index contributed by atoms with van der Waals surface area (Å²) < 4.78 is 7.13. The second-order valence-corrected chi connectivity index (χ2v) is 4.98. The summed E-state index contributed by atoms with van der Waals surface area (Å²) in [5.74, 6) is 0.889. The smallest absolute Gasteiger partial charge is 0.118 e. The lowest BCUT2D eigenvalue weighted by Crippen LogP contribution is -2.19. The molecule has 0 aliphatic carbocycles. The lowest BCUT2D eigenvalue weighted by Gasteiger charge is -2.14. The third-order valence-electron chi connectivity index (χ3n) is 3.59. The van der Waals surface area contributed by atoms with Gasteiger partial charge in [-0.25, -0.2) is 0 Å². The van der Waals surface area contributed by atoms with Crippen molar-refractivity contribution in [1.29, 1.82) is 0 Å². The minimum atomic E-state index is 0.292. The van der Waals surface area contributed by atoms with Crippen molar-refractivity contribution >= 4 is 0 Å². The van der Waals surface area contributed by atoms with Gasteiger partial charge in [0.1, 0.15) is 5.75 Å². The SMILES string of the molecule is CCc1cc(CN[C@@H](C)c2ccc(OC)cc2)n(C)n1. The van der Waals surface area contributed by atoms with Gasteiger partial charge in [-0.15, -0.1) is 0 Å². The number of aryl methyl sites for hydroxylation is 2. The largest absolute Gasteiger partial charge is 0.497 e. The zero-order valence-corrected chi connectivity index (χ0v) is 12.7. The molecular weight excluding hydrogens is 250 g/mol. The van der Waals surface area contributed by atoms with Crippen molar-refractivity contribution in [2.24, 2.45) is 7.05 Å². The molecule has 1 aromatic heterocycles. The fourth-order valence-corrected chi connectivity index (χ4v) is 2.18. The summed E-state index contributed by atoms with van der Waals surface area (Å²) in [7, 11) is 3.68. The van der Waals surface area contributed by atoms with Gasteiger partial charge in [0, 0.05) is 19.6 Å². The van der Waals surface area contributed by atoms with Crippen LogP contribution in [0.3, 0.4) is 0 Å². The van der Waals surface area contributed by atoms with Crippen LogP contribution in [-0.4, -0.2) is 16.9 Å². The molecule has 1 aromatic carbocycles. The number of hydrogen-bond acceptors (Lipinski definition) is 3. The first-order chi connectivity index (χ1) is 9.63. The third-order valence-corrected chi connectivity index (χ3v) is 3.59. The van der Waals surface area contributed by atoms with E-state index in [1.807, 2.05) is 23.9 Å². The Balaban J connectivity index is 1.96. The molecule has 20 heavy (non-hydrogen) atoms. The maximum absolute atomic E-state index is 5.18. The first kappa shape index (κ1) is 14.6. The average molecular weight is 273 g/mol. The molecule has 4 nitrogen and oxygen atoms in total. The summed E-state index contributed by atoms with van der Waals surface area (Å²) in [6.07, 6.45) is 0.974. The zero-order valence-electron chi connectivity index (χ0n) is 12.7. The van der Waals surface area contributed by atoms with Gasteiger partial charge in [-0.1, -0.05) is 19.1 Å². The van der Waals surface area contributed by atoms with Crippen LogP contribution in [0, 0.1) is 0 Å². The standard InChI is InChI=1S/C16H23N3O/c1-5-14-10-15(19(3)18-14)11-17-12(2)13-6-8-16(20-4)9-7-13/h6-10,12,17H,5,11H2,1-4H3/t12-/m0/s1. The molecule has 1 N–H and O–H groups in total. The van der Waals surface area contributed by atoms with Crippen LogP contribution in [0.2, 0.25) is 0 Å². The Morgan fingerprint density at radius 2 is 2.00 bits per heavy atom. The normalized spacial score (nSPS) is 12.4. The maximum atomic E-state index is 5.18. The van der Waals surface area contributed by atoms with Gasteiger partial charge in [-0.2, -0.15) is 5.10 Å². The first-order valence-corrected chi connectivity index (χ1v) is 7.03. The van der Waals surface area contributed by atoms with Gasteiger partial charge in [0.25, 0.3) is 0 Å². The van der Waals surface area contributed by atoms with Gasteiger partial charge in [-0.05, 0) is 37.1 Å². The Morgan fingerprint density at radius 3 is 2.55 bits per heavy atom. The van der Waals surface area contributed by atoms with E-state index in [1.165, 1.54) is 11.3 Å². The summed E-state index contributed by atoms with van der Waals surface area (Å²) in [6, 6.07) is 10.6. The van der Waals surface area contributed by atoms with Crippen LogP contribution in [-0.2, 0) is 20.0 Å². The number of methoxy groups -OCH3 is 1. The zero-order chi connectivity index (χ0) is 14.5. The molecular formula is C16H23N3O. The van der Waals surface area contributed by atoms with Crippen molar-refractivity contribution in [2.75, 3.05) is 7.11 Å². The molecule has 2 rings (SSSR count). The van der Waals surface area contributed by atoms with Crippen molar-refractivity contribution in [3.8, 4) is 5.75 Å². The highest BCUT2D eigenvalue weighted by molar-refractivity contribution is 5.28. The Kier molecular flexibility index (Phi) is 4.79. The minimum Gasteiger partial charge on any atom is -0.497 e. The predicted molar refractivity (Wildman–Crippen MR) is 80.8 cm³/mol. The number of ether oxygens (including phenoxy) is 1. The van der Waals surface area contributed by atoms with Crippen LogP contribution in [0.15, 0.2) is 30.3 Å². The van der Waals surface area contributed by atoms with Crippen LogP contribution in [0.4, 0.5) is 0 Å². The summed E-state index contributed by atoms with van der Waals surface area (Å²) in [4.78, 5) is 0. The van der Waals surface area contributed by atoms with Crippen molar-refractivity contribution in [1.82, 2.24) is 15.1 Å². The summed E-state index contributed by atoms with van der Waals surface area (Å²) in [5.41, 5.74) is 3.60. The maximum Gasteiger partial charge on any atom is 0.118 e. The molecule has 1 heterocycles. The highest BCUT2D eigenvalue weighted by Crippen LogP contribution is 2.17. The summed E-state index contributed by atoms with van der Waals surface area (Å²) in [5, 5.41) is 7.99. The monoisotopic (exact) mass is 273 g/mol. The predicted octanol–water partition coefficient (Wildman–Crippen LogP) is 2.84. The highest BCUT2D eigenvalue weighted by atomic mass is 16.5. The molecule has 1 atom stereocenters. The van der Waals surface area contributed by atoms with Crippen LogP contribution >= 0.6 is 0 Å². The molecule has 4 heteroatoms. The van der Waals surface area contributed by atoms with Crippen LogP contribution in [0.1, 0.15) is 36.8 Å². The molecule has 0 aliphatic heterocycles. The minimum absolute atomic E-state index is 0.292. The van der Waals surface area contributed by atoms with Crippen molar-refractivity contribution in [3.05, 3.63) is 47.3 Å². The lowest BCUT2D eigenvalue weighted by molar-refractivity contribution is 0.414. The van der Waals surface area contributed by atoms with E-state index in [4.69, 9.17) is 4.74 Å². The van der Waals surface area contributed by atoms with E-state index >= 15 is 0 Å². The van der Waals surface area contributed by atoms with E-state index in [0.717, 1.165) is 24.4 Å². The number of hydrogen-bond donors (Lipinski definition) is 1. The summed E-state index contributed by atoms with van der Waals surface area (Å²) >= 11 is 0. The Labute approximate surface area is 120 Å². The molecule has 0 amide bonds. The van der Waals surface area contributed by atoms with E-state index in [-0.39, 0.29) is 0 Å². The molecule has 0 saturated heterocycles. The van der Waals surface area contributed by atoms with Crippen molar-refractivity contribution in [2.45, 2.75) is 32.9 Å². The lowest BCUT2D eigenvalue weighted by atomic mass is 10.1. The van der Waals surface area contributed by atoms with E-state index in [0.29, 0.717) is 6.04 Å². The molecule has 0 fully saturated rings. The van der Waals surface area contributed by atoms with Crippen LogP contribution in [0.5, 0.6) is 5.75 Å². The molecule has 0 spiro atoms. The Morgan fingerprint density at radius 1 is 1.30 bits per heavy atom. The fraction of sp³-hybridized carbons (Fsp3) is 0.438. The molecule has 0 bridgehead atoms. The van der Waals surface area contributed by atoms with Gasteiger partial charge < -0.3 is 10.1 Å². The van der Waals surface area contributed by atoms with E-state index < -0.39 is 0 Å². The van der Waals surface area contributed by atoms with Crippen LogP contribution in [0.25, 0.3) is 0 Å². The van der Waals surface area contributed by atoms with Gasteiger partial charge in [-0.3, -0.25) is 4.68 Å². The Hall–Kier alpha value is -1.81. The number of rotatable bonds is 6. The number of nitrogens with zero attached hydrogens (tertiary/aromatic N) is 2. The quantitative estimate of drug-likeness (QED) is 0.879. The number of aromatic nitrogens is 2. The van der Waals surface area contributed by atoms with Crippen molar-refractivity contribution < 1.29 is 4.74 Å². The average Bonchev–Trinajstić information content (AvgIpc) is 2.85. The third kappa shape index (κ3) is 3.39. The van der Waals surface area contributed by atoms with E-state index in [9.17, 15) is 0 Å². The summed E-state index contributed by atoms with van der Waals surface area (Å²) in [6.45, 7) is 5.11. The van der Waals surface area contributed by atoms with Crippen LogP contribution < -0.4 is 10.1 Å². The van der Waals surface area contributed by atoms with Gasteiger partial charge in [0.2, 0.25) is 0 Å². The first-order valence-electron chi connectivity index (χ1n) is 7.03.